The number of anilines is 1. The Morgan fingerprint density at radius 2 is 1.89 bits per heavy atom. The average molecular weight is 286 g/mol. The Morgan fingerprint density at radius 3 is 2.47 bits per heavy atom. The summed E-state index contributed by atoms with van der Waals surface area (Å²) in [5.41, 5.74) is 5.24. The second-order valence-electron chi connectivity index (χ2n) is 3.56. The van der Waals surface area contributed by atoms with E-state index in [-0.39, 0.29) is 29.4 Å². The maximum absolute atomic E-state index is 11.5. The van der Waals surface area contributed by atoms with Gasteiger partial charge in [-0.25, -0.2) is 4.79 Å². The molecule has 0 saturated carbocycles. The van der Waals surface area contributed by atoms with Gasteiger partial charge in [-0.3, -0.25) is 9.59 Å². The number of benzene rings is 1. The highest BCUT2D eigenvalue weighted by Crippen LogP contribution is 2.19. The van der Waals surface area contributed by atoms with E-state index in [2.05, 4.69) is 10.6 Å². The second-order valence-corrected chi connectivity index (χ2v) is 4.00. The van der Waals surface area contributed by atoms with Crippen molar-refractivity contribution in [2.75, 3.05) is 18.4 Å². The molecular formula is C11H12ClN3O4. The zero-order chi connectivity index (χ0) is 14.4. The summed E-state index contributed by atoms with van der Waals surface area (Å²) in [5, 5.41) is 13.7. The fourth-order valence-electron chi connectivity index (χ4n) is 1.24. The summed E-state index contributed by atoms with van der Waals surface area (Å²) in [6.07, 6.45) is 0. The topological polar surface area (TPSA) is 122 Å². The summed E-state index contributed by atoms with van der Waals surface area (Å²) < 4.78 is 0. The molecule has 2 amide bonds. The van der Waals surface area contributed by atoms with Crippen LogP contribution in [0.4, 0.5) is 5.69 Å². The molecule has 1 rings (SSSR count). The van der Waals surface area contributed by atoms with Crippen LogP contribution < -0.4 is 16.4 Å². The first kappa shape index (κ1) is 14.9. The van der Waals surface area contributed by atoms with Crippen LogP contribution in [0.1, 0.15) is 10.4 Å². The number of rotatable bonds is 5. The van der Waals surface area contributed by atoms with E-state index < -0.39 is 17.8 Å². The molecule has 102 valence electrons. The lowest BCUT2D eigenvalue weighted by Crippen LogP contribution is -2.36. The SMILES string of the molecule is NCC(=O)NCC(=O)Nc1cc(Cl)cc(C(=O)O)c1. The van der Waals surface area contributed by atoms with Crippen LogP contribution >= 0.6 is 11.6 Å². The molecule has 0 heterocycles. The quantitative estimate of drug-likeness (QED) is 0.609. The van der Waals surface area contributed by atoms with Crippen molar-refractivity contribution in [1.82, 2.24) is 5.32 Å². The molecule has 0 saturated heterocycles. The first-order valence-electron chi connectivity index (χ1n) is 5.23. The number of hydrogen-bond donors (Lipinski definition) is 4. The van der Waals surface area contributed by atoms with Gasteiger partial charge in [-0.1, -0.05) is 11.6 Å². The molecule has 7 nitrogen and oxygen atoms in total. The molecule has 0 fully saturated rings. The highest BCUT2D eigenvalue weighted by Gasteiger charge is 2.09. The van der Waals surface area contributed by atoms with E-state index in [9.17, 15) is 14.4 Å². The maximum atomic E-state index is 11.5. The van der Waals surface area contributed by atoms with E-state index in [1.54, 1.807) is 0 Å². The van der Waals surface area contributed by atoms with Crippen LogP contribution in [0.3, 0.4) is 0 Å². The van der Waals surface area contributed by atoms with Crippen LogP contribution in [0.2, 0.25) is 5.02 Å². The van der Waals surface area contributed by atoms with E-state index in [0.717, 1.165) is 0 Å². The molecule has 0 unspecified atom stereocenters. The third-order valence-corrected chi connectivity index (χ3v) is 2.28. The van der Waals surface area contributed by atoms with Crippen LogP contribution in [0.15, 0.2) is 18.2 Å². The molecule has 0 radical (unpaired) electrons. The minimum Gasteiger partial charge on any atom is -0.478 e. The molecule has 0 bridgehead atoms. The number of nitrogens with one attached hydrogen (secondary N) is 2. The number of carboxylic acids is 1. The molecule has 0 aliphatic rings. The summed E-state index contributed by atoms with van der Waals surface area (Å²) in [6.45, 7) is -0.474. The Bertz CT molecular complexity index is 519. The molecule has 0 atom stereocenters. The van der Waals surface area contributed by atoms with Crippen molar-refractivity contribution in [1.29, 1.82) is 0 Å². The van der Waals surface area contributed by atoms with Gasteiger partial charge in [0.1, 0.15) is 0 Å². The molecule has 8 heteroatoms. The predicted molar refractivity (Wildman–Crippen MR) is 69.1 cm³/mol. The zero-order valence-corrected chi connectivity index (χ0v) is 10.5. The Labute approximate surface area is 113 Å². The van der Waals surface area contributed by atoms with Crippen molar-refractivity contribution in [3.8, 4) is 0 Å². The minimum atomic E-state index is -1.16. The van der Waals surface area contributed by atoms with Gasteiger partial charge in [-0.2, -0.15) is 0 Å². The molecule has 19 heavy (non-hydrogen) atoms. The van der Waals surface area contributed by atoms with Gasteiger partial charge in [0.05, 0.1) is 18.7 Å². The lowest BCUT2D eigenvalue weighted by molar-refractivity contribution is -0.123. The van der Waals surface area contributed by atoms with Crippen LogP contribution in [0.25, 0.3) is 0 Å². The molecule has 1 aromatic rings. The highest BCUT2D eigenvalue weighted by atomic mass is 35.5. The monoisotopic (exact) mass is 285 g/mol. The number of nitrogens with two attached hydrogens (primary N) is 1. The molecular weight excluding hydrogens is 274 g/mol. The second kappa shape index (κ2) is 6.72. The largest absolute Gasteiger partial charge is 0.478 e. The molecule has 5 N–H and O–H groups in total. The van der Waals surface area contributed by atoms with Gasteiger partial charge in [-0.15, -0.1) is 0 Å². The predicted octanol–water partition coefficient (Wildman–Crippen LogP) is 0.0516. The van der Waals surface area contributed by atoms with Crippen LogP contribution in [0.5, 0.6) is 0 Å². The Kier molecular flexibility index (Phi) is 5.28. The third kappa shape index (κ3) is 4.94. The number of halogens is 1. The Balaban J connectivity index is 2.69. The molecule has 0 aromatic heterocycles. The highest BCUT2D eigenvalue weighted by molar-refractivity contribution is 6.31. The van der Waals surface area contributed by atoms with Gasteiger partial charge < -0.3 is 21.5 Å². The first-order chi connectivity index (χ1) is 8.92. The van der Waals surface area contributed by atoms with E-state index in [0.29, 0.717) is 0 Å². The van der Waals surface area contributed by atoms with Crippen LogP contribution in [-0.4, -0.2) is 36.0 Å². The Hall–Kier alpha value is -2.12. The standard InChI is InChI=1S/C11H12ClN3O4/c12-7-1-6(11(18)19)2-8(3-7)15-10(17)5-14-9(16)4-13/h1-3H,4-5,13H2,(H,14,16)(H,15,17)(H,18,19). The number of carboxylic acid groups (broad SMARTS) is 1. The third-order valence-electron chi connectivity index (χ3n) is 2.06. The first-order valence-corrected chi connectivity index (χ1v) is 5.60. The van der Waals surface area contributed by atoms with Crippen molar-refractivity contribution in [3.05, 3.63) is 28.8 Å². The van der Waals surface area contributed by atoms with E-state index in [1.165, 1.54) is 18.2 Å². The maximum Gasteiger partial charge on any atom is 0.335 e. The molecule has 1 aromatic carbocycles. The fourth-order valence-corrected chi connectivity index (χ4v) is 1.48. The number of amides is 2. The van der Waals surface area contributed by atoms with Gasteiger partial charge in [0, 0.05) is 10.7 Å². The van der Waals surface area contributed by atoms with Crippen molar-refractivity contribution < 1.29 is 19.5 Å². The van der Waals surface area contributed by atoms with Gasteiger partial charge >= 0.3 is 5.97 Å². The van der Waals surface area contributed by atoms with Gasteiger partial charge in [0.15, 0.2) is 0 Å². The number of hydrogen-bond acceptors (Lipinski definition) is 4. The summed E-state index contributed by atoms with van der Waals surface area (Å²) in [6, 6.07) is 3.92. The Morgan fingerprint density at radius 1 is 1.21 bits per heavy atom. The van der Waals surface area contributed by atoms with Crippen LogP contribution in [0, 0.1) is 0 Å². The van der Waals surface area contributed by atoms with Gasteiger partial charge in [0.2, 0.25) is 11.8 Å². The minimum absolute atomic E-state index is 0.0474. The fraction of sp³-hybridized carbons (Fsp3) is 0.182. The van der Waals surface area contributed by atoms with Crippen LogP contribution in [-0.2, 0) is 9.59 Å². The molecule has 0 aliphatic heterocycles. The number of aromatic carboxylic acids is 1. The van der Waals surface area contributed by atoms with Crippen molar-refractivity contribution in [3.63, 3.8) is 0 Å². The number of carbonyl (C=O) groups excluding carboxylic acids is 2. The van der Waals surface area contributed by atoms with E-state index >= 15 is 0 Å². The zero-order valence-electron chi connectivity index (χ0n) is 9.77. The lowest BCUT2D eigenvalue weighted by Gasteiger charge is -2.07. The summed E-state index contributed by atoms with van der Waals surface area (Å²) in [5.74, 6) is -2.14. The summed E-state index contributed by atoms with van der Waals surface area (Å²) in [7, 11) is 0. The smallest absolute Gasteiger partial charge is 0.335 e. The normalized spacial score (nSPS) is 9.79. The molecule has 0 aliphatic carbocycles. The lowest BCUT2D eigenvalue weighted by atomic mass is 10.2. The van der Waals surface area contributed by atoms with E-state index in [1.807, 2.05) is 0 Å². The molecule has 0 spiro atoms. The number of carbonyl (C=O) groups is 3. The average Bonchev–Trinajstić information content (AvgIpc) is 2.35. The summed E-state index contributed by atoms with van der Waals surface area (Å²) >= 11 is 5.73. The van der Waals surface area contributed by atoms with E-state index in [4.69, 9.17) is 22.4 Å². The van der Waals surface area contributed by atoms with Crippen molar-refractivity contribution >= 4 is 35.1 Å². The van der Waals surface area contributed by atoms with Gasteiger partial charge in [0.25, 0.3) is 0 Å². The summed E-state index contributed by atoms with van der Waals surface area (Å²) in [4.78, 5) is 33.1. The van der Waals surface area contributed by atoms with Crippen molar-refractivity contribution in [2.24, 2.45) is 5.73 Å². The van der Waals surface area contributed by atoms with Gasteiger partial charge in [-0.05, 0) is 18.2 Å². The van der Waals surface area contributed by atoms with Crippen molar-refractivity contribution in [2.45, 2.75) is 0 Å².